The van der Waals surface area contributed by atoms with Crippen LogP contribution in [0.1, 0.15) is 11.3 Å². The minimum absolute atomic E-state index is 0.0643. The molecule has 108 valence electrons. The summed E-state index contributed by atoms with van der Waals surface area (Å²) >= 11 is 0. The molecule has 0 radical (unpaired) electrons. The maximum atomic E-state index is 12.3. The first-order chi connectivity index (χ1) is 10.1. The van der Waals surface area contributed by atoms with Crippen LogP contribution in [0.3, 0.4) is 0 Å². The van der Waals surface area contributed by atoms with E-state index in [0.29, 0.717) is 11.3 Å². The Morgan fingerprint density at radius 3 is 2.71 bits per heavy atom. The van der Waals surface area contributed by atoms with E-state index in [1.165, 1.54) is 12.3 Å². The minimum Gasteiger partial charge on any atom is -0.320 e. The van der Waals surface area contributed by atoms with Crippen molar-refractivity contribution < 1.29 is 8.42 Å². The Balaban J connectivity index is 2.24. The Labute approximate surface area is 123 Å². The van der Waals surface area contributed by atoms with Crippen molar-refractivity contribution >= 4 is 10.0 Å². The minimum atomic E-state index is -3.68. The highest BCUT2D eigenvalue weighted by Gasteiger charge is 2.17. The normalized spacial score (nSPS) is 10.7. The van der Waals surface area contributed by atoms with Crippen LogP contribution in [0.2, 0.25) is 0 Å². The lowest BCUT2D eigenvalue weighted by molar-refractivity contribution is 0.579. The summed E-state index contributed by atoms with van der Waals surface area (Å²) < 4.78 is 27.1. The SMILES string of the molecule is NCC#Cc1ccccc1S(=O)(=O)NCc1cccnn1. The van der Waals surface area contributed by atoms with E-state index in [4.69, 9.17) is 5.73 Å². The zero-order valence-corrected chi connectivity index (χ0v) is 12.0. The second-order valence-corrected chi connectivity index (χ2v) is 5.78. The summed E-state index contributed by atoms with van der Waals surface area (Å²) in [5.74, 6) is 5.41. The van der Waals surface area contributed by atoms with Crippen LogP contribution in [-0.4, -0.2) is 25.2 Å². The second-order valence-electron chi connectivity index (χ2n) is 4.04. The highest BCUT2D eigenvalue weighted by atomic mass is 32.2. The third-order valence-corrected chi connectivity index (χ3v) is 4.03. The van der Waals surface area contributed by atoms with E-state index < -0.39 is 10.0 Å². The Morgan fingerprint density at radius 2 is 2.00 bits per heavy atom. The largest absolute Gasteiger partial charge is 0.320 e. The maximum Gasteiger partial charge on any atom is 0.242 e. The molecule has 0 fully saturated rings. The van der Waals surface area contributed by atoms with Crippen molar-refractivity contribution in [2.45, 2.75) is 11.4 Å². The maximum absolute atomic E-state index is 12.3. The van der Waals surface area contributed by atoms with Crippen molar-refractivity contribution in [3.05, 3.63) is 53.9 Å². The second kappa shape index (κ2) is 6.95. The fraction of sp³-hybridized carbons (Fsp3) is 0.143. The summed E-state index contributed by atoms with van der Waals surface area (Å²) in [5, 5.41) is 7.52. The highest BCUT2D eigenvalue weighted by molar-refractivity contribution is 7.89. The molecule has 2 aromatic rings. The first kappa shape index (κ1) is 15.1. The van der Waals surface area contributed by atoms with Gasteiger partial charge in [-0.15, -0.1) is 0 Å². The van der Waals surface area contributed by atoms with Crippen molar-refractivity contribution in [1.82, 2.24) is 14.9 Å². The molecule has 2 rings (SSSR count). The van der Waals surface area contributed by atoms with E-state index in [-0.39, 0.29) is 18.0 Å². The van der Waals surface area contributed by atoms with Crippen LogP contribution in [0.15, 0.2) is 47.5 Å². The number of nitrogens with one attached hydrogen (secondary N) is 1. The van der Waals surface area contributed by atoms with Gasteiger partial charge in [-0.3, -0.25) is 0 Å². The number of nitrogens with two attached hydrogens (primary N) is 1. The van der Waals surface area contributed by atoms with Gasteiger partial charge in [0.25, 0.3) is 0 Å². The van der Waals surface area contributed by atoms with Gasteiger partial charge < -0.3 is 5.73 Å². The van der Waals surface area contributed by atoms with Gasteiger partial charge in [0.1, 0.15) is 0 Å². The molecule has 0 bridgehead atoms. The first-order valence-corrected chi connectivity index (χ1v) is 7.66. The summed E-state index contributed by atoms with van der Waals surface area (Å²) in [6, 6.07) is 9.89. The van der Waals surface area contributed by atoms with E-state index in [1.54, 1.807) is 30.3 Å². The Hall–Kier alpha value is -2.27. The van der Waals surface area contributed by atoms with Crippen LogP contribution in [0.5, 0.6) is 0 Å². The van der Waals surface area contributed by atoms with Gasteiger partial charge in [-0.1, -0.05) is 24.0 Å². The van der Waals surface area contributed by atoms with Crippen molar-refractivity contribution in [1.29, 1.82) is 0 Å². The van der Waals surface area contributed by atoms with Gasteiger partial charge >= 0.3 is 0 Å². The smallest absolute Gasteiger partial charge is 0.242 e. The molecule has 1 aromatic carbocycles. The molecule has 7 heteroatoms. The lowest BCUT2D eigenvalue weighted by Gasteiger charge is -2.07. The molecule has 0 saturated heterocycles. The molecule has 3 N–H and O–H groups in total. The van der Waals surface area contributed by atoms with Crippen LogP contribution in [0.25, 0.3) is 0 Å². The number of nitrogens with zero attached hydrogens (tertiary/aromatic N) is 2. The summed E-state index contributed by atoms with van der Waals surface area (Å²) in [5.41, 5.74) is 6.26. The van der Waals surface area contributed by atoms with Gasteiger partial charge in [0, 0.05) is 11.8 Å². The number of sulfonamides is 1. The predicted octanol–water partition coefficient (Wildman–Crippen LogP) is 0.265. The molecule has 0 aliphatic rings. The lowest BCUT2D eigenvalue weighted by Crippen LogP contribution is -2.24. The number of hydrogen-bond acceptors (Lipinski definition) is 5. The number of benzene rings is 1. The fourth-order valence-electron chi connectivity index (χ4n) is 1.62. The number of rotatable bonds is 4. The van der Waals surface area contributed by atoms with Gasteiger partial charge in [-0.05, 0) is 24.3 Å². The van der Waals surface area contributed by atoms with E-state index in [1.807, 2.05) is 0 Å². The summed E-state index contributed by atoms with van der Waals surface area (Å²) in [6.45, 7) is 0.232. The molecule has 0 saturated carbocycles. The zero-order valence-electron chi connectivity index (χ0n) is 11.2. The lowest BCUT2D eigenvalue weighted by atomic mass is 10.2. The molecule has 0 aliphatic carbocycles. The molecular formula is C14H14N4O2S. The average molecular weight is 302 g/mol. The predicted molar refractivity (Wildman–Crippen MR) is 78.4 cm³/mol. The monoisotopic (exact) mass is 302 g/mol. The molecular weight excluding hydrogens is 288 g/mol. The summed E-state index contributed by atoms with van der Waals surface area (Å²) in [6.07, 6.45) is 1.52. The van der Waals surface area contributed by atoms with Crippen LogP contribution < -0.4 is 10.5 Å². The van der Waals surface area contributed by atoms with Crippen molar-refractivity contribution in [2.75, 3.05) is 6.54 Å². The Bertz CT molecular complexity index is 764. The molecule has 21 heavy (non-hydrogen) atoms. The van der Waals surface area contributed by atoms with Crippen LogP contribution in [0, 0.1) is 11.8 Å². The topological polar surface area (TPSA) is 98.0 Å². The van der Waals surface area contributed by atoms with Crippen molar-refractivity contribution in [3.8, 4) is 11.8 Å². The third kappa shape index (κ3) is 4.10. The first-order valence-electron chi connectivity index (χ1n) is 6.17. The van der Waals surface area contributed by atoms with E-state index in [0.717, 1.165) is 0 Å². The summed E-state index contributed by atoms with van der Waals surface area (Å²) in [4.78, 5) is 0.120. The van der Waals surface area contributed by atoms with Gasteiger partial charge in [0.2, 0.25) is 10.0 Å². The molecule has 6 nitrogen and oxygen atoms in total. The molecule has 0 spiro atoms. The molecule has 1 aromatic heterocycles. The third-order valence-electron chi connectivity index (χ3n) is 2.57. The Morgan fingerprint density at radius 1 is 1.19 bits per heavy atom. The van der Waals surface area contributed by atoms with Gasteiger partial charge in [-0.25, -0.2) is 13.1 Å². The standard InChI is InChI=1S/C14H14N4O2S/c15-9-3-6-12-5-1-2-8-14(12)21(19,20)17-11-13-7-4-10-16-18-13/h1-2,4-5,7-8,10,17H,9,11,15H2. The van der Waals surface area contributed by atoms with Crippen LogP contribution in [0.4, 0.5) is 0 Å². The molecule has 0 unspecified atom stereocenters. The van der Waals surface area contributed by atoms with Gasteiger partial charge in [-0.2, -0.15) is 10.2 Å². The number of aromatic nitrogens is 2. The molecule has 0 atom stereocenters. The Kier molecular flexibility index (Phi) is 5.00. The van der Waals surface area contributed by atoms with E-state index >= 15 is 0 Å². The van der Waals surface area contributed by atoms with Crippen LogP contribution >= 0.6 is 0 Å². The van der Waals surface area contributed by atoms with E-state index in [2.05, 4.69) is 26.8 Å². The van der Waals surface area contributed by atoms with Gasteiger partial charge in [0.15, 0.2) is 0 Å². The van der Waals surface area contributed by atoms with Crippen molar-refractivity contribution in [2.24, 2.45) is 5.73 Å². The van der Waals surface area contributed by atoms with E-state index in [9.17, 15) is 8.42 Å². The van der Waals surface area contributed by atoms with Crippen LogP contribution in [-0.2, 0) is 16.6 Å². The molecule has 0 amide bonds. The quantitative estimate of drug-likeness (QED) is 0.790. The average Bonchev–Trinajstić information content (AvgIpc) is 2.52. The van der Waals surface area contributed by atoms with Gasteiger partial charge in [0.05, 0.1) is 23.7 Å². The van der Waals surface area contributed by atoms with Crippen molar-refractivity contribution in [3.63, 3.8) is 0 Å². The molecule has 1 heterocycles. The fourth-order valence-corrected chi connectivity index (χ4v) is 2.78. The summed E-state index contributed by atoms with van der Waals surface area (Å²) in [7, 11) is -3.68. The number of hydrogen-bond donors (Lipinski definition) is 2. The highest BCUT2D eigenvalue weighted by Crippen LogP contribution is 2.14. The molecule has 0 aliphatic heterocycles. The zero-order chi connectivity index (χ0) is 15.1.